The Kier molecular flexibility index (Phi) is 28.1. The van der Waals surface area contributed by atoms with Crippen LogP contribution in [0.2, 0.25) is 0 Å². The van der Waals surface area contributed by atoms with Crippen molar-refractivity contribution in [3.8, 4) is 0 Å². The van der Waals surface area contributed by atoms with E-state index in [0.29, 0.717) is 23.0 Å². The first kappa shape index (κ1) is 91.7. The first-order chi connectivity index (χ1) is 50.6. The third kappa shape index (κ3) is 15.2. The molecule has 5 aliphatic carbocycles. The van der Waals surface area contributed by atoms with Gasteiger partial charge in [0, 0.05) is 25.7 Å². The second-order valence-corrected chi connectivity index (χ2v) is 30.9. The number of rotatable bonds is 10. The Morgan fingerprint density at radius 1 is 0.450 bits per heavy atom. The molecular weight excluding hydrogens is 1520 g/mol. The van der Waals surface area contributed by atoms with Crippen molar-refractivity contribution in [3.05, 3.63) is 164 Å². The second-order valence-electron chi connectivity index (χ2n) is 30.9. The van der Waals surface area contributed by atoms with E-state index in [9.17, 15) is 90.4 Å². The topological polar surface area (TPSA) is 490 Å². The summed E-state index contributed by atoms with van der Waals surface area (Å²) in [4.78, 5) is 132. The summed E-state index contributed by atoms with van der Waals surface area (Å²) < 4.78 is 47.5. The van der Waals surface area contributed by atoms with Crippen LogP contribution in [0.1, 0.15) is 94.9 Å². The van der Waals surface area contributed by atoms with Gasteiger partial charge in [-0.2, -0.15) is 0 Å². The van der Waals surface area contributed by atoms with Crippen LogP contribution in [0.15, 0.2) is 164 Å². The molecule has 0 aromatic rings. The van der Waals surface area contributed by atoms with Crippen molar-refractivity contribution in [3.63, 3.8) is 0 Å². The van der Waals surface area contributed by atoms with Gasteiger partial charge in [0.15, 0.2) is 35.0 Å². The first-order valence-corrected chi connectivity index (χ1v) is 35.3. The smallest absolute Gasteiger partial charge is 0.507 e. The van der Waals surface area contributed by atoms with Gasteiger partial charge in [0.1, 0.15) is 100 Å². The van der Waals surface area contributed by atoms with E-state index in [1.165, 1.54) is 108 Å². The fourth-order valence-electron chi connectivity index (χ4n) is 16.9. The van der Waals surface area contributed by atoms with E-state index >= 15 is 19.2 Å². The molecule has 6 saturated heterocycles. The summed E-state index contributed by atoms with van der Waals surface area (Å²) in [5, 5.41) is 143. The number of aldehydes is 1. The molecule has 6 heterocycles. The molecule has 11 rings (SSSR count). The predicted octanol–water partition coefficient (Wildman–Crippen LogP) is -3.83. The van der Waals surface area contributed by atoms with Gasteiger partial charge in [-0.25, -0.2) is 19.2 Å². The van der Waals surface area contributed by atoms with Crippen molar-refractivity contribution in [1.29, 1.82) is 0 Å². The maximum Gasteiger partial charge on any atom is 2.00 e. The van der Waals surface area contributed by atoms with E-state index in [0.717, 1.165) is 18.2 Å². The van der Waals surface area contributed by atoms with Gasteiger partial charge in [-0.05, 0) is 111 Å². The Hall–Kier alpha value is -4.83. The Morgan fingerprint density at radius 3 is 1.10 bits per heavy atom. The quantitative estimate of drug-likeness (QED) is 0.0249. The molecule has 22 atom stereocenters. The number of aliphatic hydroxyl groups is 13. The number of ether oxygens (including phenoxy) is 8. The number of allylic oxidation sites excluding steroid dienone is 9. The number of carbonyl (C=O) groups excluding carboxylic acids is 9. The molecule has 4 spiro atoms. The van der Waals surface area contributed by atoms with E-state index in [1.807, 2.05) is 0 Å². The molecule has 111 heavy (non-hydrogen) atoms. The Labute approximate surface area is 732 Å². The molecule has 0 saturated carbocycles. The Morgan fingerprint density at radius 2 is 0.757 bits per heavy atom. The van der Waals surface area contributed by atoms with Gasteiger partial charge < -0.3 is 104 Å². The molecule has 0 amide bonds. The SMILES string of the molecule is CC1=C\C=C\C2(C)C=C(CO[C@H]3O[C@H](CO)[C@H](O)[C@H](O)[C@H]3O)C(C)CC23OC(=O)/C(=C(O)/C=C/C2(C)C=C(CO)C(C)CC24OC(=O)\C(=C(O)/C(C)=C/C=C/C2(C)C=C(CO[C@H]5O[C@H](CO)[C@H](O)[C@H](O)[C@H]5O)C(C)CC25OC(=O)/C(=C(O)/C=C/C2(C)C=C(C=O)C(C)CC26OC(=O)\C(=C\1O)C6=O)C5=O)C4=O)C3=O.[Ca+2].[K+].[Na+]. The monoisotopic (exact) mass is 1610 g/mol. The second kappa shape index (κ2) is 34.0. The summed E-state index contributed by atoms with van der Waals surface area (Å²) >= 11 is 0. The standard InChI is InChI=1S/C78H90O30.Ca.K.Na/c1-35-13-11-17-71(7)27-43(33-101-69-59(91)57(89)55(87)47(31-81)103-69)39(5)23-75(71)61(93)49(65(97)105-75)46(84)16-20-74(10)26-42(30-80)38(4)22-78(74)64(96)52(68(100)108-78)54(86)36(2)14-12-18-72(8)28-44(34-102-70-60(92)58(90)56(88)48(32-82)104-70)40(6)24-76(72)62(94)50(66(98)106-76)45(83)15-19-73(9)25-41(29-79)37(3)21-77(73)63(95)51(53(35)85)67(99)107-77;;;/h11-20,25-29,37-40,47-48,55-60,69-70,80-92H,21-24,30-34H2,1-10H3;;;/q;+2;2*+1/b17-11+,18-12+,19-15+,20-16+,35-13+,36-14+,49-46-,50-45-,53-51-,54-52+;;;/t37?,38?,39?,40?,47-,48-,55+,56+,57+,58+,59-,60-,69+,70+,71?,72?,73?,74?,75?,76?,77?,78?;;;/m1.../s1. The molecule has 13 N–H and O–H groups in total. The van der Waals surface area contributed by atoms with Crippen molar-refractivity contribution in [2.24, 2.45) is 45.3 Å². The van der Waals surface area contributed by atoms with Crippen LogP contribution in [0.4, 0.5) is 0 Å². The van der Waals surface area contributed by atoms with Crippen LogP contribution >= 0.6 is 0 Å². The average molecular weight is 1610 g/mol. The summed E-state index contributed by atoms with van der Waals surface area (Å²) in [6.07, 6.45) is -0.316. The summed E-state index contributed by atoms with van der Waals surface area (Å²) in [6, 6.07) is 0. The van der Waals surface area contributed by atoms with Crippen LogP contribution in [-0.4, -0.2) is 274 Å². The molecule has 0 aromatic carbocycles. The third-order valence-electron chi connectivity index (χ3n) is 23.8. The van der Waals surface area contributed by atoms with Crippen LogP contribution in [-0.2, 0) is 81.0 Å². The summed E-state index contributed by atoms with van der Waals surface area (Å²) in [7, 11) is 0. The minimum Gasteiger partial charge on any atom is -0.507 e. The first-order valence-electron chi connectivity index (χ1n) is 35.3. The van der Waals surface area contributed by atoms with Crippen LogP contribution < -0.4 is 80.9 Å². The summed E-state index contributed by atoms with van der Waals surface area (Å²) in [6.45, 7) is 11.7. The Bertz CT molecular complexity index is 4360. The number of fused-ring (bicyclic) bond motifs is 4. The number of hydrogen-bond donors (Lipinski definition) is 13. The number of esters is 4. The third-order valence-corrected chi connectivity index (χ3v) is 23.8. The minimum absolute atomic E-state index is 0. The van der Waals surface area contributed by atoms with Gasteiger partial charge in [0.2, 0.25) is 23.1 Å². The fraction of sp³-hybridized carbons (Fsp3) is 0.526. The predicted molar refractivity (Wildman–Crippen MR) is 376 cm³/mol. The molecule has 6 aliphatic heterocycles. The van der Waals surface area contributed by atoms with E-state index < -0.39 is 261 Å². The van der Waals surface area contributed by atoms with E-state index in [1.54, 1.807) is 27.7 Å². The average Bonchev–Trinajstić information content (AvgIpc) is 1.60. The molecule has 33 heteroatoms. The number of aliphatic hydroxyl groups excluding tert-OH is 13. The van der Waals surface area contributed by atoms with Crippen LogP contribution in [0, 0.1) is 45.3 Å². The molecule has 582 valence electrons. The maximum absolute atomic E-state index is 15.5. The minimum atomic E-state index is -2.33. The summed E-state index contributed by atoms with van der Waals surface area (Å²) in [5.41, 5.74) is -19.5. The molecule has 8 bridgehead atoms. The molecule has 6 fully saturated rings. The van der Waals surface area contributed by atoms with Crippen molar-refractivity contribution >= 4 is 91.0 Å². The van der Waals surface area contributed by atoms with E-state index in [4.69, 9.17) is 37.9 Å². The number of hydrogen-bond acceptors (Lipinski definition) is 30. The number of ketones is 4. The molecular formula is C78H90CaKNaO30+4. The van der Waals surface area contributed by atoms with Gasteiger partial charge in [0.25, 0.3) is 0 Å². The van der Waals surface area contributed by atoms with Crippen LogP contribution in [0.3, 0.4) is 0 Å². The van der Waals surface area contributed by atoms with Gasteiger partial charge >= 0.3 is 143 Å². The fourth-order valence-corrected chi connectivity index (χ4v) is 16.9. The largest absolute Gasteiger partial charge is 2.00 e. The molecule has 11 aliphatic rings. The normalized spacial score (nSPS) is 44.7. The molecule has 0 aromatic heterocycles. The number of Topliss-reactive ketones (excluding diaryl/α,β-unsaturated/α-hetero) is 4. The van der Waals surface area contributed by atoms with Crippen LogP contribution in [0.25, 0.3) is 0 Å². The van der Waals surface area contributed by atoms with Crippen molar-refractivity contribution in [1.82, 2.24) is 0 Å². The zero-order valence-electron chi connectivity index (χ0n) is 63.6. The van der Waals surface area contributed by atoms with Gasteiger partial charge in [-0.15, -0.1) is 0 Å². The van der Waals surface area contributed by atoms with Crippen LogP contribution in [0.5, 0.6) is 0 Å². The summed E-state index contributed by atoms with van der Waals surface area (Å²) in [5.74, 6) is -16.7. The Balaban J connectivity index is 0.00000516. The van der Waals surface area contributed by atoms with Crippen molar-refractivity contribution in [2.45, 2.75) is 179 Å². The zero-order chi connectivity index (χ0) is 79.4. The van der Waals surface area contributed by atoms with E-state index in [2.05, 4.69) is 0 Å². The zero-order valence-corrected chi connectivity index (χ0v) is 70.9. The molecule has 30 nitrogen and oxygen atoms in total. The van der Waals surface area contributed by atoms with Gasteiger partial charge in [-0.3, -0.25) is 24.0 Å². The van der Waals surface area contributed by atoms with E-state index in [-0.39, 0.29) is 155 Å². The molecule has 12 unspecified atom stereocenters. The van der Waals surface area contributed by atoms with Gasteiger partial charge in [-0.1, -0.05) is 101 Å². The maximum atomic E-state index is 15.5. The number of carbonyl (C=O) groups is 9. The van der Waals surface area contributed by atoms with Crippen molar-refractivity contribution in [2.75, 3.05) is 33.0 Å². The van der Waals surface area contributed by atoms with Crippen molar-refractivity contribution < 1.29 is 228 Å². The van der Waals surface area contributed by atoms with Gasteiger partial charge in [0.05, 0.1) is 54.7 Å². The molecule has 0 radical (unpaired) electrons.